The number of rotatable bonds is 4. The summed E-state index contributed by atoms with van der Waals surface area (Å²) in [6, 6.07) is 0. The van der Waals surface area contributed by atoms with E-state index in [1.54, 1.807) is 11.3 Å². The number of aliphatic hydroxyl groups excluding tert-OH is 1. The number of hydrogen-bond acceptors (Lipinski definition) is 5. The average Bonchev–Trinajstić information content (AvgIpc) is 2.80. The molecule has 0 amide bonds. The normalized spacial score (nSPS) is 40.0. The van der Waals surface area contributed by atoms with Crippen molar-refractivity contribution >= 4 is 16.5 Å². The van der Waals surface area contributed by atoms with Gasteiger partial charge in [-0.3, -0.25) is 0 Å². The Morgan fingerprint density at radius 2 is 1.80 bits per heavy atom. The monoisotopic (exact) mass is 293 g/mol. The van der Waals surface area contributed by atoms with Crippen LogP contribution < -0.4 is 5.32 Å². The van der Waals surface area contributed by atoms with E-state index in [1.165, 1.54) is 38.5 Å². The minimum absolute atomic E-state index is 0.196. The molecular formula is C15H23N3OS. The summed E-state index contributed by atoms with van der Waals surface area (Å²) in [4.78, 5) is 0. The number of aryl methyl sites for hydroxylation is 1. The maximum atomic E-state index is 10.8. The summed E-state index contributed by atoms with van der Waals surface area (Å²) in [7, 11) is 0. The first-order valence-corrected chi connectivity index (χ1v) is 8.67. The Hall–Kier alpha value is -0.680. The number of nitrogens with zero attached hydrogens (tertiary/aromatic N) is 2. The lowest BCUT2D eigenvalue weighted by Gasteiger charge is -2.58. The van der Waals surface area contributed by atoms with Gasteiger partial charge < -0.3 is 10.4 Å². The van der Waals surface area contributed by atoms with Gasteiger partial charge in [0, 0.05) is 6.54 Å². The third-order valence-electron chi connectivity index (χ3n) is 5.77. The van der Waals surface area contributed by atoms with E-state index in [2.05, 4.69) is 15.5 Å². The van der Waals surface area contributed by atoms with Crippen molar-refractivity contribution in [3.63, 3.8) is 0 Å². The Labute approximate surface area is 124 Å². The van der Waals surface area contributed by atoms with E-state index in [0.717, 1.165) is 27.9 Å². The van der Waals surface area contributed by atoms with Crippen LogP contribution in [0, 0.1) is 30.1 Å². The molecule has 1 atom stereocenters. The van der Waals surface area contributed by atoms with E-state index in [1.807, 2.05) is 6.92 Å². The predicted octanol–water partition coefficient (Wildman–Crippen LogP) is 2.84. The fraction of sp³-hybridized carbons (Fsp3) is 0.867. The summed E-state index contributed by atoms with van der Waals surface area (Å²) in [5.41, 5.74) is 0.196. The van der Waals surface area contributed by atoms with Crippen LogP contribution in [0.3, 0.4) is 0 Å². The number of nitrogens with one attached hydrogen (secondary N) is 1. The summed E-state index contributed by atoms with van der Waals surface area (Å²) >= 11 is 1.56. The molecular weight excluding hydrogens is 270 g/mol. The van der Waals surface area contributed by atoms with Crippen LogP contribution in [0.4, 0.5) is 5.13 Å². The second-order valence-electron chi connectivity index (χ2n) is 7.30. The van der Waals surface area contributed by atoms with Crippen LogP contribution in [-0.4, -0.2) is 28.0 Å². The molecule has 0 radical (unpaired) electrons. The van der Waals surface area contributed by atoms with E-state index < -0.39 is 0 Å². The molecule has 0 saturated heterocycles. The van der Waals surface area contributed by atoms with Gasteiger partial charge in [-0.05, 0) is 68.6 Å². The summed E-state index contributed by atoms with van der Waals surface area (Å²) < 4.78 is 0. The molecule has 4 bridgehead atoms. The van der Waals surface area contributed by atoms with Crippen LogP contribution in [0.15, 0.2) is 0 Å². The van der Waals surface area contributed by atoms with Crippen molar-refractivity contribution in [2.45, 2.75) is 51.6 Å². The smallest absolute Gasteiger partial charge is 0.205 e. The summed E-state index contributed by atoms with van der Waals surface area (Å²) in [6.07, 6.45) is 7.78. The van der Waals surface area contributed by atoms with Crippen molar-refractivity contribution in [1.82, 2.24) is 10.2 Å². The van der Waals surface area contributed by atoms with Gasteiger partial charge in [-0.1, -0.05) is 11.3 Å². The lowest BCUT2D eigenvalue weighted by Crippen LogP contribution is -2.53. The first kappa shape index (κ1) is 13.0. The lowest BCUT2D eigenvalue weighted by molar-refractivity contribution is -0.115. The highest BCUT2D eigenvalue weighted by Gasteiger charge is 2.53. The van der Waals surface area contributed by atoms with Gasteiger partial charge in [0.1, 0.15) is 5.01 Å². The van der Waals surface area contributed by atoms with Gasteiger partial charge >= 0.3 is 0 Å². The van der Waals surface area contributed by atoms with Crippen molar-refractivity contribution in [2.75, 3.05) is 11.9 Å². The summed E-state index contributed by atoms with van der Waals surface area (Å²) in [5.74, 6) is 2.67. The van der Waals surface area contributed by atoms with Crippen molar-refractivity contribution in [3.8, 4) is 0 Å². The molecule has 4 saturated carbocycles. The molecule has 0 spiro atoms. The Morgan fingerprint density at radius 1 is 1.20 bits per heavy atom. The van der Waals surface area contributed by atoms with E-state index in [4.69, 9.17) is 0 Å². The second kappa shape index (κ2) is 4.67. The van der Waals surface area contributed by atoms with Gasteiger partial charge in [-0.15, -0.1) is 10.2 Å². The van der Waals surface area contributed by atoms with Gasteiger partial charge in [0.25, 0.3) is 0 Å². The molecule has 4 aliphatic carbocycles. The first-order chi connectivity index (χ1) is 9.63. The highest BCUT2D eigenvalue weighted by atomic mass is 32.1. The van der Waals surface area contributed by atoms with Gasteiger partial charge in [-0.2, -0.15) is 0 Å². The molecule has 4 nitrogen and oxygen atoms in total. The number of hydrogen-bond donors (Lipinski definition) is 2. The van der Waals surface area contributed by atoms with Crippen LogP contribution in [0.5, 0.6) is 0 Å². The van der Waals surface area contributed by atoms with E-state index >= 15 is 0 Å². The van der Waals surface area contributed by atoms with Crippen molar-refractivity contribution in [3.05, 3.63) is 5.01 Å². The molecule has 0 unspecified atom stereocenters. The molecule has 5 rings (SSSR count). The molecule has 1 aromatic heterocycles. The Balaban J connectivity index is 1.44. The van der Waals surface area contributed by atoms with Gasteiger partial charge in [-0.25, -0.2) is 0 Å². The zero-order valence-corrected chi connectivity index (χ0v) is 12.8. The zero-order chi connectivity index (χ0) is 13.7. The molecule has 1 aromatic rings. The van der Waals surface area contributed by atoms with Crippen LogP contribution >= 0.6 is 11.3 Å². The van der Waals surface area contributed by atoms with E-state index in [9.17, 15) is 5.11 Å². The van der Waals surface area contributed by atoms with E-state index in [0.29, 0.717) is 6.54 Å². The number of anilines is 1. The van der Waals surface area contributed by atoms with Crippen LogP contribution in [0.1, 0.15) is 43.5 Å². The Kier molecular flexibility index (Phi) is 3.04. The van der Waals surface area contributed by atoms with Crippen LogP contribution in [-0.2, 0) is 0 Å². The third kappa shape index (κ3) is 2.15. The van der Waals surface area contributed by atoms with Gasteiger partial charge in [0.2, 0.25) is 5.13 Å². The topological polar surface area (TPSA) is 58.0 Å². The minimum atomic E-state index is -0.236. The molecule has 4 aliphatic rings. The average molecular weight is 293 g/mol. The van der Waals surface area contributed by atoms with Crippen molar-refractivity contribution in [1.29, 1.82) is 0 Å². The molecule has 5 heteroatoms. The maximum absolute atomic E-state index is 10.8. The molecule has 0 aliphatic heterocycles. The fourth-order valence-corrected chi connectivity index (χ4v) is 5.95. The number of aromatic nitrogens is 2. The molecule has 0 aromatic carbocycles. The fourth-order valence-electron chi connectivity index (χ4n) is 5.35. The van der Waals surface area contributed by atoms with Crippen molar-refractivity contribution in [2.24, 2.45) is 23.2 Å². The highest BCUT2D eigenvalue weighted by molar-refractivity contribution is 7.15. The van der Waals surface area contributed by atoms with Crippen LogP contribution in [0.2, 0.25) is 0 Å². The van der Waals surface area contributed by atoms with Gasteiger partial charge in [0.05, 0.1) is 6.10 Å². The van der Waals surface area contributed by atoms with Crippen molar-refractivity contribution < 1.29 is 5.11 Å². The highest BCUT2D eigenvalue weighted by Crippen LogP contribution is 2.61. The molecule has 1 heterocycles. The predicted molar refractivity (Wildman–Crippen MR) is 79.7 cm³/mol. The summed E-state index contributed by atoms with van der Waals surface area (Å²) in [6.45, 7) is 2.58. The minimum Gasteiger partial charge on any atom is -0.391 e. The SMILES string of the molecule is Cc1nnc(NC[C@@H](O)C23CC4CC(CC(C4)C2)C3)s1. The zero-order valence-electron chi connectivity index (χ0n) is 12.0. The van der Waals surface area contributed by atoms with Crippen LogP contribution in [0.25, 0.3) is 0 Å². The molecule has 20 heavy (non-hydrogen) atoms. The quantitative estimate of drug-likeness (QED) is 0.896. The largest absolute Gasteiger partial charge is 0.391 e. The Morgan fingerprint density at radius 3 is 2.30 bits per heavy atom. The Bertz CT molecular complexity index is 466. The lowest BCUT2D eigenvalue weighted by atomic mass is 9.48. The molecule has 2 N–H and O–H groups in total. The van der Waals surface area contributed by atoms with Gasteiger partial charge in [0.15, 0.2) is 0 Å². The second-order valence-corrected chi connectivity index (χ2v) is 8.48. The molecule has 110 valence electrons. The number of aliphatic hydroxyl groups is 1. The maximum Gasteiger partial charge on any atom is 0.205 e. The summed E-state index contributed by atoms with van der Waals surface area (Å²) in [5, 5.41) is 24.0. The first-order valence-electron chi connectivity index (χ1n) is 7.85. The standard InChI is InChI=1S/C15H23N3OS/c1-9-17-18-14(20-9)16-8-13(19)15-5-10-2-11(6-15)4-12(3-10)7-15/h10-13,19H,2-8H2,1H3,(H,16,18)/t10?,11?,12?,13-,15?/m1/s1. The van der Waals surface area contributed by atoms with E-state index in [-0.39, 0.29) is 11.5 Å². The third-order valence-corrected chi connectivity index (χ3v) is 6.56. The molecule has 4 fully saturated rings.